The van der Waals surface area contributed by atoms with Crippen LogP contribution in [0.1, 0.15) is 35.4 Å². The Morgan fingerprint density at radius 1 is 1.06 bits per heavy atom. The maximum absolute atomic E-state index is 13.4. The van der Waals surface area contributed by atoms with E-state index >= 15 is 0 Å². The molecule has 1 atom stereocenters. The molecule has 0 radical (unpaired) electrons. The molecule has 1 N–H and O–H groups in total. The fourth-order valence-corrected chi connectivity index (χ4v) is 5.12. The van der Waals surface area contributed by atoms with E-state index in [1.54, 1.807) is 42.5 Å². The van der Waals surface area contributed by atoms with Gasteiger partial charge >= 0.3 is 0 Å². The van der Waals surface area contributed by atoms with Crippen molar-refractivity contribution in [3.05, 3.63) is 75.5 Å². The van der Waals surface area contributed by atoms with Crippen molar-refractivity contribution < 1.29 is 28.9 Å². The Labute approximate surface area is 208 Å². The summed E-state index contributed by atoms with van der Waals surface area (Å²) >= 11 is 1.43. The number of anilines is 1. The van der Waals surface area contributed by atoms with Crippen LogP contribution in [-0.2, 0) is 9.59 Å². The molecule has 1 aliphatic rings. The van der Waals surface area contributed by atoms with Crippen LogP contribution in [-0.4, -0.2) is 37.6 Å². The third-order valence-electron chi connectivity index (χ3n) is 5.82. The minimum Gasteiger partial charge on any atom is -0.507 e. The molecule has 182 valence electrons. The summed E-state index contributed by atoms with van der Waals surface area (Å²) < 4.78 is 16.4. The Balaban J connectivity index is 1.89. The SMILES string of the molecule is CCCOc1cccc(/C(O)=C2/C(=O)C(=O)N(c3ccc(OC)c(OC)c3)C2c2sccc2C)c1. The molecular weight excluding hydrogens is 466 g/mol. The molecule has 1 aliphatic heterocycles. The number of methoxy groups -OCH3 is 2. The number of carbonyl (C=O) groups is 2. The van der Waals surface area contributed by atoms with Crippen LogP contribution >= 0.6 is 11.3 Å². The summed E-state index contributed by atoms with van der Waals surface area (Å²) in [4.78, 5) is 28.9. The lowest BCUT2D eigenvalue weighted by Crippen LogP contribution is -2.29. The van der Waals surface area contributed by atoms with Crippen LogP contribution in [0.2, 0.25) is 0 Å². The number of nitrogens with zero attached hydrogens (tertiary/aromatic N) is 1. The van der Waals surface area contributed by atoms with Gasteiger partial charge in [-0.15, -0.1) is 11.3 Å². The van der Waals surface area contributed by atoms with Crippen molar-refractivity contribution in [2.24, 2.45) is 0 Å². The van der Waals surface area contributed by atoms with Gasteiger partial charge in [-0.2, -0.15) is 0 Å². The maximum Gasteiger partial charge on any atom is 0.300 e. The first kappa shape index (κ1) is 24.3. The topological polar surface area (TPSA) is 85.3 Å². The predicted octanol–water partition coefficient (Wildman–Crippen LogP) is 5.49. The standard InChI is InChI=1S/C27H27NO6S/c1-5-12-34-19-8-6-7-17(14-19)24(29)22-23(26-16(2)11-13-35-26)28(27(31)25(22)30)18-9-10-20(32-3)21(15-18)33-4/h6-11,13-15,23,29H,5,12H2,1-4H3/b24-22-. The highest BCUT2D eigenvalue weighted by atomic mass is 32.1. The molecule has 1 unspecified atom stereocenters. The molecule has 7 nitrogen and oxygen atoms in total. The van der Waals surface area contributed by atoms with Crippen LogP contribution in [0.3, 0.4) is 0 Å². The Morgan fingerprint density at radius 3 is 2.49 bits per heavy atom. The second-order valence-electron chi connectivity index (χ2n) is 8.05. The number of ketones is 1. The van der Waals surface area contributed by atoms with E-state index in [0.717, 1.165) is 16.9 Å². The van der Waals surface area contributed by atoms with Crippen molar-refractivity contribution in [2.45, 2.75) is 26.3 Å². The highest BCUT2D eigenvalue weighted by Crippen LogP contribution is 2.46. The summed E-state index contributed by atoms with van der Waals surface area (Å²) in [6.45, 7) is 4.45. The molecule has 8 heteroatoms. The number of benzene rings is 2. The molecule has 4 rings (SSSR count). The number of thiophene rings is 1. The zero-order valence-electron chi connectivity index (χ0n) is 20.0. The monoisotopic (exact) mass is 493 g/mol. The van der Waals surface area contributed by atoms with Gasteiger partial charge in [-0.25, -0.2) is 0 Å². The van der Waals surface area contributed by atoms with Crippen molar-refractivity contribution >= 4 is 34.5 Å². The van der Waals surface area contributed by atoms with Crippen molar-refractivity contribution in [1.29, 1.82) is 0 Å². The van der Waals surface area contributed by atoms with Gasteiger partial charge in [0.2, 0.25) is 0 Å². The van der Waals surface area contributed by atoms with Crippen molar-refractivity contribution in [1.82, 2.24) is 0 Å². The minimum atomic E-state index is -0.798. The number of hydrogen-bond donors (Lipinski definition) is 1. The van der Waals surface area contributed by atoms with Gasteiger partial charge in [0.15, 0.2) is 11.5 Å². The number of aliphatic hydroxyl groups is 1. The fraction of sp³-hybridized carbons (Fsp3) is 0.259. The molecule has 0 bridgehead atoms. The number of aliphatic hydroxyl groups excluding tert-OH is 1. The average Bonchev–Trinajstić information content (AvgIpc) is 3.41. The summed E-state index contributed by atoms with van der Waals surface area (Å²) in [6, 6.07) is 13.1. The molecule has 35 heavy (non-hydrogen) atoms. The van der Waals surface area contributed by atoms with Gasteiger partial charge in [-0.3, -0.25) is 14.5 Å². The van der Waals surface area contributed by atoms with Crippen LogP contribution < -0.4 is 19.1 Å². The number of Topliss-reactive ketones (excluding diaryl/α,β-unsaturated/α-hetero) is 1. The number of rotatable bonds is 8. The lowest BCUT2D eigenvalue weighted by molar-refractivity contribution is -0.132. The number of carbonyl (C=O) groups excluding carboxylic acids is 2. The van der Waals surface area contributed by atoms with E-state index in [1.807, 2.05) is 25.3 Å². The quantitative estimate of drug-likeness (QED) is 0.254. The van der Waals surface area contributed by atoms with Gasteiger partial charge in [0.05, 0.1) is 26.4 Å². The van der Waals surface area contributed by atoms with E-state index in [1.165, 1.54) is 30.5 Å². The zero-order valence-corrected chi connectivity index (χ0v) is 20.8. The first-order chi connectivity index (χ1) is 16.9. The summed E-state index contributed by atoms with van der Waals surface area (Å²) in [5.41, 5.74) is 1.81. The molecule has 2 aromatic carbocycles. The summed E-state index contributed by atoms with van der Waals surface area (Å²) in [7, 11) is 3.03. The van der Waals surface area contributed by atoms with E-state index < -0.39 is 17.7 Å². The third kappa shape index (κ3) is 4.49. The van der Waals surface area contributed by atoms with Gasteiger partial charge in [0, 0.05) is 22.2 Å². The van der Waals surface area contributed by atoms with E-state index in [4.69, 9.17) is 14.2 Å². The predicted molar refractivity (Wildman–Crippen MR) is 136 cm³/mol. The highest BCUT2D eigenvalue weighted by molar-refractivity contribution is 7.10. The van der Waals surface area contributed by atoms with Crippen molar-refractivity contribution in [3.8, 4) is 17.2 Å². The van der Waals surface area contributed by atoms with Gasteiger partial charge in [0.1, 0.15) is 17.6 Å². The molecule has 1 aromatic heterocycles. The second kappa shape index (κ2) is 10.2. The molecule has 1 fully saturated rings. The van der Waals surface area contributed by atoms with E-state index in [0.29, 0.717) is 35.1 Å². The molecular formula is C27H27NO6S. The summed E-state index contributed by atoms with van der Waals surface area (Å²) in [5.74, 6) is -0.222. The highest BCUT2D eigenvalue weighted by Gasteiger charge is 2.48. The maximum atomic E-state index is 13.4. The Kier molecular flexibility index (Phi) is 7.12. The zero-order chi connectivity index (χ0) is 25.1. The van der Waals surface area contributed by atoms with Crippen LogP contribution in [0, 0.1) is 6.92 Å². The van der Waals surface area contributed by atoms with Crippen molar-refractivity contribution in [3.63, 3.8) is 0 Å². The largest absolute Gasteiger partial charge is 0.507 e. The van der Waals surface area contributed by atoms with E-state index in [-0.39, 0.29) is 11.3 Å². The second-order valence-corrected chi connectivity index (χ2v) is 9.00. The third-order valence-corrected chi connectivity index (χ3v) is 6.89. The average molecular weight is 494 g/mol. The molecule has 0 spiro atoms. The Bertz CT molecular complexity index is 1290. The van der Waals surface area contributed by atoms with Crippen molar-refractivity contribution in [2.75, 3.05) is 25.7 Å². The normalized spacial score (nSPS) is 17.0. The Hall–Kier alpha value is -3.78. The Morgan fingerprint density at radius 2 is 1.83 bits per heavy atom. The van der Waals surface area contributed by atoms with Gasteiger partial charge in [-0.1, -0.05) is 19.1 Å². The van der Waals surface area contributed by atoms with Gasteiger partial charge in [0.25, 0.3) is 11.7 Å². The van der Waals surface area contributed by atoms with E-state index in [2.05, 4.69) is 0 Å². The van der Waals surface area contributed by atoms with Crippen LogP contribution in [0.4, 0.5) is 5.69 Å². The number of hydrogen-bond acceptors (Lipinski definition) is 7. The molecule has 1 amide bonds. The molecule has 1 saturated heterocycles. The molecule has 3 aromatic rings. The first-order valence-corrected chi connectivity index (χ1v) is 12.1. The lowest BCUT2D eigenvalue weighted by atomic mass is 9.98. The van der Waals surface area contributed by atoms with Crippen LogP contribution in [0.5, 0.6) is 17.2 Å². The van der Waals surface area contributed by atoms with Gasteiger partial charge in [-0.05, 0) is 54.6 Å². The summed E-state index contributed by atoms with van der Waals surface area (Å²) in [5, 5.41) is 13.3. The van der Waals surface area contributed by atoms with E-state index in [9.17, 15) is 14.7 Å². The fourth-order valence-electron chi connectivity index (χ4n) is 4.09. The minimum absolute atomic E-state index is 0.0305. The number of aryl methyl sites for hydroxylation is 1. The number of ether oxygens (including phenoxy) is 3. The number of amides is 1. The molecule has 0 saturated carbocycles. The first-order valence-electron chi connectivity index (χ1n) is 11.2. The molecule has 0 aliphatic carbocycles. The smallest absolute Gasteiger partial charge is 0.300 e. The molecule has 2 heterocycles. The lowest BCUT2D eigenvalue weighted by Gasteiger charge is -2.25. The van der Waals surface area contributed by atoms with Crippen LogP contribution in [0.15, 0.2) is 59.5 Å². The summed E-state index contributed by atoms with van der Waals surface area (Å²) in [6.07, 6.45) is 0.838. The van der Waals surface area contributed by atoms with Gasteiger partial charge < -0.3 is 19.3 Å². The van der Waals surface area contributed by atoms with Crippen LogP contribution in [0.25, 0.3) is 5.76 Å².